The normalized spacial score (nSPS) is 33.0. The molecule has 0 amide bonds. The molecule has 3 nitrogen and oxygen atoms in total. The van der Waals surface area contributed by atoms with E-state index in [2.05, 4.69) is 37.6 Å². The number of nitrogens with two attached hydrogens (primary N) is 1. The molecule has 0 aromatic carbocycles. The molecule has 16 heavy (non-hydrogen) atoms. The average molecular weight is 246 g/mol. The minimum absolute atomic E-state index is 0.154. The van der Waals surface area contributed by atoms with Crippen molar-refractivity contribution in [3.63, 3.8) is 0 Å². The molecule has 0 spiro atoms. The van der Waals surface area contributed by atoms with Gasteiger partial charge in [0.25, 0.3) is 0 Å². The van der Waals surface area contributed by atoms with Crippen molar-refractivity contribution in [2.75, 3.05) is 33.1 Å². The highest BCUT2D eigenvalue weighted by atomic mass is 32.2. The summed E-state index contributed by atoms with van der Waals surface area (Å²) >= 11 is 2.05. The number of rotatable bonds is 5. The third-order valence-corrected chi connectivity index (χ3v) is 5.47. The summed E-state index contributed by atoms with van der Waals surface area (Å²) in [6, 6.07) is 0.426. The molecule has 0 saturated carbocycles. The molecule has 0 aliphatic carbocycles. The van der Waals surface area contributed by atoms with E-state index in [1.54, 1.807) is 7.11 Å². The summed E-state index contributed by atoms with van der Waals surface area (Å²) in [7, 11) is 3.96. The quantitative estimate of drug-likeness (QED) is 0.799. The number of methoxy groups -OCH3 is 1. The van der Waals surface area contributed by atoms with Gasteiger partial charge in [0.15, 0.2) is 0 Å². The van der Waals surface area contributed by atoms with Crippen molar-refractivity contribution in [1.82, 2.24) is 4.90 Å². The van der Waals surface area contributed by atoms with Gasteiger partial charge in [0, 0.05) is 30.5 Å². The van der Waals surface area contributed by atoms with E-state index in [-0.39, 0.29) is 5.54 Å². The standard InChI is InChI=1S/C12H26N2OS/c1-10(8-15-4)14(3)12(9-13)6-5-7-16-11(12)2/h10-11H,5-9,13H2,1-4H3. The van der Waals surface area contributed by atoms with E-state index in [0.717, 1.165) is 13.2 Å². The van der Waals surface area contributed by atoms with Crippen LogP contribution in [-0.4, -0.2) is 54.8 Å². The van der Waals surface area contributed by atoms with Crippen LogP contribution < -0.4 is 5.73 Å². The summed E-state index contributed by atoms with van der Waals surface area (Å²) in [6.45, 7) is 6.04. The van der Waals surface area contributed by atoms with Gasteiger partial charge >= 0.3 is 0 Å². The predicted octanol–water partition coefficient (Wildman–Crippen LogP) is 1.57. The summed E-state index contributed by atoms with van der Waals surface area (Å²) in [6.07, 6.45) is 2.48. The van der Waals surface area contributed by atoms with Crippen LogP contribution in [0.5, 0.6) is 0 Å². The lowest BCUT2D eigenvalue weighted by Crippen LogP contribution is -2.62. The summed E-state index contributed by atoms with van der Waals surface area (Å²) in [5, 5.41) is 0.607. The lowest BCUT2D eigenvalue weighted by Gasteiger charge is -2.50. The van der Waals surface area contributed by atoms with Gasteiger partial charge in [-0.2, -0.15) is 11.8 Å². The highest BCUT2D eigenvalue weighted by Gasteiger charge is 2.42. The van der Waals surface area contributed by atoms with Crippen LogP contribution in [0.3, 0.4) is 0 Å². The first-order chi connectivity index (χ1) is 7.58. The van der Waals surface area contributed by atoms with Crippen LogP contribution in [0.4, 0.5) is 0 Å². The Kier molecular flexibility index (Phi) is 5.57. The van der Waals surface area contributed by atoms with E-state index in [1.807, 2.05) is 0 Å². The second kappa shape index (κ2) is 6.24. The average Bonchev–Trinajstić information content (AvgIpc) is 2.29. The van der Waals surface area contributed by atoms with Crippen molar-refractivity contribution >= 4 is 11.8 Å². The van der Waals surface area contributed by atoms with Crippen LogP contribution in [0.1, 0.15) is 26.7 Å². The SMILES string of the molecule is COCC(C)N(C)C1(CN)CCCSC1C. The Balaban J connectivity index is 2.76. The zero-order valence-corrected chi connectivity index (χ0v) is 11.8. The third-order valence-electron chi connectivity index (χ3n) is 4.00. The Morgan fingerprint density at radius 3 is 2.81 bits per heavy atom. The molecule has 2 N–H and O–H groups in total. The Morgan fingerprint density at radius 2 is 2.31 bits per heavy atom. The van der Waals surface area contributed by atoms with Gasteiger partial charge in [0.1, 0.15) is 0 Å². The zero-order valence-electron chi connectivity index (χ0n) is 11.0. The number of hydrogen-bond acceptors (Lipinski definition) is 4. The van der Waals surface area contributed by atoms with Gasteiger partial charge in [-0.25, -0.2) is 0 Å². The molecule has 1 aliphatic heterocycles. The van der Waals surface area contributed by atoms with E-state index >= 15 is 0 Å². The molecule has 0 aromatic heterocycles. The van der Waals surface area contributed by atoms with E-state index in [0.29, 0.717) is 11.3 Å². The Bertz CT molecular complexity index is 215. The fourth-order valence-corrected chi connectivity index (χ4v) is 4.02. The third kappa shape index (κ3) is 2.73. The molecule has 1 aliphatic rings. The minimum atomic E-state index is 0.154. The topological polar surface area (TPSA) is 38.5 Å². The molecular formula is C12H26N2OS. The maximum Gasteiger partial charge on any atom is 0.0615 e. The van der Waals surface area contributed by atoms with Gasteiger partial charge in [0.05, 0.1) is 6.61 Å². The van der Waals surface area contributed by atoms with Crippen molar-refractivity contribution in [2.45, 2.75) is 43.5 Å². The second-order valence-electron chi connectivity index (χ2n) is 4.84. The minimum Gasteiger partial charge on any atom is -0.383 e. The van der Waals surface area contributed by atoms with Gasteiger partial charge < -0.3 is 10.5 Å². The predicted molar refractivity (Wildman–Crippen MR) is 72.0 cm³/mol. The Labute approximate surface area is 104 Å². The maximum absolute atomic E-state index is 6.07. The van der Waals surface area contributed by atoms with Gasteiger partial charge in [-0.05, 0) is 32.6 Å². The van der Waals surface area contributed by atoms with Crippen LogP contribution in [0, 0.1) is 0 Å². The lowest BCUT2D eigenvalue weighted by atomic mass is 9.87. The lowest BCUT2D eigenvalue weighted by molar-refractivity contribution is 0.0313. The molecule has 0 aromatic rings. The van der Waals surface area contributed by atoms with Crippen molar-refractivity contribution in [3.05, 3.63) is 0 Å². The highest BCUT2D eigenvalue weighted by Crippen LogP contribution is 2.38. The molecule has 1 fully saturated rings. The van der Waals surface area contributed by atoms with Crippen LogP contribution >= 0.6 is 11.8 Å². The van der Waals surface area contributed by atoms with Crippen molar-refractivity contribution in [1.29, 1.82) is 0 Å². The van der Waals surface area contributed by atoms with Gasteiger partial charge in [-0.15, -0.1) is 0 Å². The smallest absolute Gasteiger partial charge is 0.0615 e. The number of ether oxygens (including phenoxy) is 1. The number of nitrogens with zero attached hydrogens (tertiary/aromatic N) is 1. The van der Waals surface area contributed by atoms with Crippen LogP contribution in [0.25, 0.3) is 0 Å². The molecular weight excluding hydrogens is 220 g/mol. The highest BCUT2D eigenvalue weighted by molar-refractivity contribution is 8.00. The molecule has 3 unspecified atom stereocenters. The van der Waals surface area contributed by atoms with Crippen molar-refractivity contribution in [2.24, 2.45) is 5.73 Å². The molecule has 0 bridgehead atoms. The first-order valence-corrected chi connectivity index (χ1v) is 7.17. The van der Waals surface area contributed by atoms with Crippen LogP contribution in [0.15, 0.2) is 0 Å². The fourth-order valence-electron chi connectivity index (χ4n) is 2.66. The first kappa shape index (κ1) is 14.3. The Morgan fingerprint density at radius 1 is 1.62 bits per heavy atom. The first-order valence-electron chi connectivity index (χ1n) is 6.12. The van der Waals surface area contributed by atoms with E-state index < -0.39 is 0 Å². The molecule has 1 saturated heterocycles. The molecule has 0 radical (unpaired) electrons. The largest absolute Gasteiger partial charge is 0.383 e. The molecule has 96 valence electrons. The summed E-state index contributed by atoms with van der Waals surface area (Å²) < 4.78 is 5.25. The fraction of sp³-hybridized carbons (Fsp3) is 1.00. The number of likely N-dealkylation sites (N-methyl/N-ethyl adjacent to an activating group) is 1. The monoisotopic (exact) mass is 246 g/mol. The van der Waals surface area contributed by atoms with Gasteiger partial charge in [-0.1, -0.05) is 6.92 Å². The number of thioether (sulfide) groups is 1. The second-order valence-corrected chi connectivity index (χ2v) is 6.29. The molecule has 1 heterocycles. The summed E-state index contributed by atoms with van der Waals surface area (Å²) in [4.78, 5) is 2.44. The van der Waals surface area contributed by atoms with E-state index in [1.165, 1.54) is 18.6 Å². The zero-order chi connectivity index (χ0) is 12.2. The van der Waals surface area contributed by atoms with Crippen LogP contribution in [0.2, 0.25) is 0 Å². The van der Waals surface area contributed by atoms with E-state index in [9.17, 15) is 0 Å². The van der Waals surface area contributed by atoms with Gasteiger partial charge in [0.2, 0.25) is 0 Å². The van der Waals surface area contributed by atoms with Gasteiger partial charge in [-0.3, -0.25) is 4.90 Å². The van der Waals surface area contributed by atoms with Crippen LogP contribution in [-0.2, 0) is 4.74 Å². The van der Waals surface area contributed by atoms with E-state index in [4.69, 9.17) is 10.5 Å². The number of hydrogen-bond donors (Lipinski definition) is 1. The summed E-state index contributed by atoms with van der Waals surface area (Å²) in [5.74, 6) is 1.27. The molecule has 1 rings (SSSR count). The van der Waals surface area contributed by atoms with Crippen molar-refractivity contribution < 1.29 is 4.74 Å². The molecule has 3 atom stereocenters. The Hall–Kier alpha value is 0.230. The summed E-state index contributed by atoms with van der Waals surface area (Å²) in [5.41, 5.74) is 6.22. The molecule has 4 heteroatoms. The maximum atomic E-state index is 6.07. The van der Waals surface area contributed by atoms with Crippen molar-refractivity contribution in [3.8, 4) is 0 Å².